The smallest absolute Gasteiger partial charge is 0.276 e. The zero-order valence-corrected chi connectivity index (χ0v) is 16.8. The molecule has 142 valence electrons. The zero-order valence-electron chi connectivity index (χ0n) is 15.1. The molecule has 9 heteroatoms. The van der Waals surface area contributed by atoms with Crippen LogP contribution >= 0.6 is 22.7 Å². The average Bonchev–Trinajstić information content (AvgIpc) is 3.39. The molecule has 0 aliphatic rings. The molecule has 3 heterocycles. The summed E-state index contributed by atoms with van der Waals surface area (Å²) >= 11 is 2.75. The SMILES string of the molecule is Cc1ccc(Cc2cnc(NC(=O)c3csc(-c4cnn(C)c4)n3)s2)cc1F. The van der Waals surface area contributed by atoms with Crippen molar-refractivity contribution in [2.75, 3.05) is 5.32 Å². The van der Waals surface area contributed by atoms with Crippen LogP contribution in [-0.4, -0.2) is 25.7 Å². The second kappa shape index (κ2) is 7.61. The Labute approximate surface area is 168 Å². The lowest BCUT2D eigenvalue weighted by molar-refractivity contribution is 0.102. The number of carbonyl (C=O) groups excluding carboxylic acids is 1. The average molecular weight is 414 g/mol. The van der Waals surface area contributed by atoms with Gasteiger partial charge in [0.25, 0.3) is 5.91 Å². The maximum atomic E-state index is 13.7. The molecule has 1 N–H and O–H groups in total. The summed E-state index contributed by atoms with van der Waals surface area (Å²) in [7, 11) is 1.83. The van der Waals surface area contributed by atoms with Crippen LogP contribution in [0.15, 0.2) is 42.2 Å². The number of nitrogens with one attached hydrogen (secondary N) is 1. The molecule has 0 saturated heterocycles. The first-order valence-corrected chi connectivity index (χ1v) is 10.1. The van der Waals surface area contributed by atoms with Crippen LogP contribution in [0.4, 0.5) is 9.52 Å². The molecule has 0 unspecified atom stereocenters. The van der Waals surface area contributed by atoms with Crippen LogP contribution in [0.1, 0.15) is 26.5 Å². The highest BCUT2D eigenvalue weighted by Crippen LogP contribution is 2.25. The van der Waals surface area contributed by atoms with Crippen LogP contribution in [0.5, 0.6) is 0 Å². The van der Waals surface area contributed by atoms with Gasteiger partial charge in [0.1, 0.15) is 16.5 Å². The number of benzene rings is 1. The van der Waals surface area contributed by atoms with Crippen LogP contribution in [0, 0.1) is 12.7 Å². The van der Waals surface area contributed by atoms with Crippen LogP contribution < -0.4 is 5.32 Å². The molecule has 0 bridgehead atoms. The van der Waals surface area contributed by atoms with Gasteiger partial charge >= 0.3 is 0 Å². The molecule has 6 nitrogen and oxygen atoms in total. The minimum Gasteiger partial charge on any atom is -0.296 e. The lowest BCUT2D eigenvalue weighted by Gasteiger charge is -2.01. The van der Waals surface area contributed by atoms with Gasteiger partial charge in [-0.3, -0.25) is 14.8 Å². The highest BCUT2D eigenvalue weighted by Gasteiger charge is 2.15. The van der Waals surface area contributed by atoms with Crippen LogP contribution in [0.2, 0.25) is 0 Å². The van der Waals surface area contributed by atoms with Gasteiger partial charge in [-0.15, -0.1) is 22.7 Å². The summed E-state index contributed by atoms with van der Waals surface area (Å²) in [5, 5.41) is 9.82. The summed E-state index contributed by atoms with van der Waals surface area (Å²) in [6, 6.07) is 5.19. The Hall–Kier alpha value is -2.91. The predicted molar refractivity (Wildman–Crippen MR) is 108 cm³/mol. The molecule has 0 saturated carbocycles. The summed E-state index contributed by atoms with van der Waals surface area (Å²) in [6.45, 7) is 1.73. The number of carbonyl (C=O) groups is 1. The van der Waals surface area contributed by atoms with E-state index < -0.39 is 0 Å². The molecule has 0 atom stereocenters. The maximum absolute atomic E-state index is 13.7. The topological polar surface area (TPSA) is 72.7 Å². The molecule has 1 aromatic carbocycles. The number of hydrogen-bond donors (Lipinski definition) is 1. The number of aromatic nitrogens is 4. The molecule has 0 radical (unpaired) electrons. The van der Waals surface area contributed by atoms with Crippen molar-refractivity contribution < 1.29 is 9.18 Å². The van der Waals surface area contributed by atoms with Crippen LogP contribution in [-0.2, 0) is 13.5 Å². The van der Waals surface area contributed by atoms with Crippen molar-refractivity contribution in [2.45, 2.75) is 13.3 Å². The highest BCUT2D eigenvalue weighted by molar-refractivity contribution is 7.15. The third kappa shape index (κ3) is 4.00. The minimum atomic E-state index is -0.311. The number of nitrogens with zero attached hydrogens (tertiary/aromatic N) is 4. The standard InChI is InChI=1S/C19H16FN5OS2/c1-11-3-4-12(6-15(11)20)5-14-8-21-19(28-14)24-17(26)16-10-27-18(23-16)13-7-22-25(2)9-13/h3-4,6-10H,5H2,1-2H3,(H,21,24,26). The molecular formula is C19H16FN5OS2. The molecule has 28 heavy (non-hydrogen) atoms. The molecular weight excluding hydrogens is 397 g/mol. The number of rotatable bonds is 5. The summed E-state index contributed by atoms with van der Waals surface area (Å²) in [6.07, 6.45) is 5.82. The summed E-state index contributed by atoms with van der Waals surface area (Å²) in [5.74, 6) is -0.530. The van der Waals surface area contributed by atoms with Gasteiger partial charge in [0.15, 0.2) is 5.13 Å². The fourth-order valence-corrected chi connectivity index (χ4v) is 4.22. The third-order valence-corrected chi connectivity index (χ3v) is 5.88. The van der Waals surface area contributed by atoms with Gasteiger partial charge in [-0.1, -0.05) is 12.1 Å². The largest absolute Gasteiger partial charge is 0.296 e. The number of anilines is 1. The van der Waals surface area contributed by atoms with E-state index in [2.05, 4.69) is 20.4 Å². The number of amides is 1. The van der Waals surface area contributed by atoms with E-state index in [4.69, 9.17) is 0 Å². The van der Waals surface area contributed by atoms with E-state index in [1.54, 1.807) is 35.4 Å². The molecule has 4 aromatic rings. The van der Waals surface area contributed by atoms with Crippen molar-refractivity contribution in [3.05, 3.63) is 69.7 Å². The lowest BCUT2D eigenvalue weighted by Crippen LogP contribution is -2.11. The maximum Gasteiger partial charge on any atom is 0.276 e. The molecule has 1 amide bonds. The van der Waals surface area contributed by atoms with Crippen LogP contribution in [0.3, 0.4) is 0 Å². The van der Waals surface area contributed by atoms with Crippen molar-refractivity contribution in [1.82, 2.24) is 19.7 Å². The molecule has 0 aliphatic carbocycles. The Balaban J connectivity index is 1.43. The van der Waals surface area contributed by atoms with Gasteiger partial charge in [-0.05, 0) is 24.1 Å². The van der Waals surface area contributed by atoms with E-state index in [9.17, 15) is 9.18 Å². The fraction of sp³-hybridized carbons (Fsp3) is 0.158. The van der Waals surface area contributed by atoms with E-state index in [1.807, 2.05) is 19.3 Å². The molecule has 3 aromatic heterocycles. The molecule has 0 fully saturated rings. The van der Waals surface area contributed by atoms with Crippen molar-refractivity contribution in [3.8, 4) is 10.6 Å². The monoisotopic (exact) mass is 413 g/mol. The van der Waals surface area contributed by atoms with Gasteiger partial charge in [-0.25, -0.2) is 14.4 Å². The number of aryl methyl sites for hydroxylation is 2. The van der Waals surface area contributed by atoms with Gasteiger partial charge in [0.05, 0.1) is 6.20 Å². The van der Waals surface area contributed by atoms with E-state index in [-0.39, 0.29) is 11.7 Å². The van der Waals surface area contributed by atoms with Crippen molar-refractivity contribution in [1.29, 1.82) is 0 Å². The normalized spacial score (nSPS) is 11.0. The van der Waals surface area contributed by atoms with E-state index in [0.717, 1.165) is 21.0 Å². The first-order chi connectivity index (χ1) is 13.5. The third-order valence-electron chi connectivity index (χ3n) is 4.08. The quantitative estimate of drug-likeness (QED) is 0.530. The Morgan fingerprint density at radius 3 is 2.93 bits per heavy atom. The molecule has 4 rings (SSSR count). The second-order valence-corrected chi connectivity index (χ2v) is 8.26. The Morgan fingerprint density at radius 1 is 1.32 bits per heavy atom. The summed E-state index contributed by atoms with van der Waals surface area (Å²) in [5.41, 5.74) is 2.69. The van der Waals surface area contributed by atoms with Gasteiger partial charge in [0.2, 0.25) is 0 Å². The Kier molecular flexibility index (Phi) is 5.01. The van der Waals surface area contributed by atoms with Crippen molar-refractivity contribution >= 4 is 33.7 Å². The van der Waals surface area contributed by atoms with Crippen molar-refractivity contribution in [3.63, 3.8) is 0 Å². The molecule has 0 spiro atoms. The van der Waals surface area contributed by atoms with E-state index in [0.29, 0.717) is 22.8 Å². The zero-order chi connectivity index (χ0) is 19.7. The molecule has 0 aliphatic heterocycles. The van der Waals surface area contributed by atoms with Crippen LogP contribution in [0.25, 0.3) is 10.6 Å². The van der Waals surface area contributed by atoms with Gasteiger partial charge < -0.3 is 0 Å². The summed E-state index contributed by atoms with van der Waals surface area (Å²) in [4.78, 5) is 22.0. The van der Waals surface area contributed by atoms with Crippen molar-refractivity contribution in [2.24, 2.45) is 7.05 Å². The number of thiazole rings is 2. The fourth-order valence-electron chi connectivity index (χ4n) is 2.60. The Morgan fingerprint density at radius 2 is 2.18 bits per heavy atom. The first-order valence-electron chi connectivity index (χ1n) is 8.43. The highest BCUT2D eigenvalue weighted by atomic mass is 32.1. The first kappa shape index (κ1) is 18.5. The number of hydrogen-bond acceptors (Lipinski definition) is 6. The number of halogens is 1. The van der Waals surface area contributed by atoms with Gasteiger partial charge in [0, 0.05) is 41.7 Å². The minimum absolute atomic E-state index is 0.219. The van der Waals surface area contributed by atoms with E-state index in [1.165, 1.54) is 28.7 Å². The Bertz CT molecular complexity index is 1150. The summed E-state index contributed by atoms with van der Waals surface area (Å²) < 4.78 is 15.4. The lowest BCUT2D eigenvalue weighted by atomic mass is 10.1. The van der Waals surface area contributed by atoms with Gasteiger partial charge in [-0.2, -0.15) is 5.10 Å². The predicted octanol–water partition coefficient (Wildman–Crippen LogP) is 4.29. The van der Waals surface area contributed by atoms with E-state index >= 15 is 0 Å². The second-order valence-electron chi connectivity index (χ2n) is 6.29.